The van der Waals surface area contributed by atoms with Crippen molar-refractivity contribution in [1.82, 2.24) is 0 Å². The van der Waals surface area contributed by atoms with Crippen LogP contribution in [0.25, 0.3) is 0 Å². The molecule has 0 radical (unpaired) electrons. The molecule has 18 heavy (non-hydrogen) atoms. The summed E-state index contributed by atoms with van der Waals surface area (Å²) in [6, 6.07) is 5.12. The number of anilines is 2. The number of nitrogens with two attached hydrogens (primary N) is 1. The topological polar surface area (TPSA) is 64.8 Å². The highest BCUT2D eigenvalue weighted by Gasteiger charge is 2.31. The van der Waals surface area contributed by atoms with E-state index in [0.29, 0.717) is 18.0 Å². The van der Waals surface area contributed by atoms with Crippen molar-refractivity contribution in [3.63, 3.8) is 0 Å². The van der Waals surface area contributed by atoms with E-state index in [1.54, 1.807) is 13.0 Å². The quantitative estimate of drug-likeness (QED) is 0.635. The van der Waals surface area contributed by atoms with E-state index in [9.17, 15) is 4.79 Å². The van der Waals surface area contributed by atoms with E-state index in [4.69, 9.17) is 15.2 Å². The molecule has 1 aromatic rings. The average molecular weight is 250 g/mol. The molecular formula is C13H18N2O3. The molecule has 0 spiro atoms. The first-order valence-electron chi connectivity index (χ1n) is 5.94. The molecule has 0 bridgehead atoms. The highest BCUT2D eigenvalue weighted by Crippen LogP contribution is 2.39. The van der Waals surface area contributed by atoms with Crippen molar-refractivity contribution in [2.75, 3.05) is 24.3 Å². The van der Waals surface area contributed by atoms with Gasteiger partial charge in [0, 0.05) is 0 Å². The molecule has 2 atom stereocenters. The monoisotopic (exact) mass is 250 g/mol. The third kappa shape index (κ3) is 2.08. The molecule has 0 saturated heterocycles. The van der Waals surface area contributed by atoms with Crippen LogP contribution in [0.3, 0.4) is 0 Å². The van der Waals surface area contributed by atoms with Gasteiger partial charge in [0.25, 0.3) is 0 Å². The maximum absolute atomic E-state index is 11.7. The molecule has 2 rings (SSSR count). The van der Waals surface area contributed by atoms with E-state index >= 15 is 0 Å². The van der Waals surface area contributed by atoms with Gasteiger partial charge in [-0.1, -0.05) is 6.07 Å². The fourth-order valence-electron chi connectivity index (χ4n) is 2.21. The first-order chi connectivity index (χ1) is 8.54. The minimum Gasteiger partial charge on any atom is -0.487 e. The Morgan fingerprint density at radius 1 is 1.61 bits per heavy atom. The minimum atomic E-state index is -0.384. The highest BCUT2D eigenvalue weighted by molar-refractivity contribution is 5.84. The van der Waals surface area contributed by atoms with Gasteiger partial charge in [0.1, 0.15) is 23.6 Å². The summed E-state index contributed by atoms with van der Waals surface area (Å²) >= 11 is 0. The second-order valence-corrected chi connectivity index (χ2v) is 4.47. The lowest BCUT2D eigenvalue weighted by Crippen LogP contribution is -2.47. The summed E-state index contributed by atoms with van der Waals surface area (Å²) < 4.78 is 10.5. The van der Waals surface area contributed by atoms with Crippen molar-refractivity contribution in [1.29, 1.82) is 0 Å². The number of methoxy groups -OCH3 is 1. The Labute approximate surface area is 106 Å². The van der Waals surface area contributed by atoms with Crippen LogP contribution in [0.1, 0.15) is 13.8 Å². The number of ether oxygens (including phenoxy) is 2. The van der Waals surface area contributed by atoms with Gasteiger partial charge in [-0.3, -0.25) is 0 Å². The number of esters is 1. The Morgan fingerprint density at radius 2 is 2.33 bits per heavy atom. The molecule has 98 valence electrons. The Kier molecular flexibility index (Phi) is 3.32. The zero-order valence-corrected chi connectivity index (χ0v) is 10.8. The van der Waals surface area contributed by atoms with Gasteiger partial charge in [0.05, 0.1) is 19.3 Å². The van der Waals surface area contributed by atoms with Gasteiger partial charge in [0.2, 0.25) is 0 Å². The van der Waals surface area contributed by atoms with Crippen LogP contribution in [0.15, 0.2) is 18.2 Å². The molecular weight excluding hydrogens is 232 g/mol. The van der Waals surface area contributed by atoms with Crippen molar-refractivity contribution < 1.29 is 14.3 Å². The van der Waals surface area contributed by atoms with E-state index in [2.05, 4.69) is 0 Å². The number of fused-ring (bicyclic) bond motifs is 1. The van der Waals surface area contributed by atoms with Crippen LogP contribution in [-0.4, -0.2) is 31.8 Å². The minimum absolute atomic E-state index is 0.00593. The first kappa shape index (κ1) is 12.5. The standard InChI is InChI=1S/C13H18N2O3/c1-8-7-15(9(2)13(16)17-3)12-10(14)5-4-6-11(12)18-8/h4-6,8-9H,7,14H2,1-3H3. The summed E-state index contributed by atoms with van der Waals surface area (Å²) in [4.78, 5) is 13.6. The molecule has 2 N–H and O–H groups in total. The van der Waals surface area contributed by atoms with Crippen LogP contribution < -0.4 is 15.4 Å². The molecule has 0 aliphatic carbocycles. The van der Waals surface area contributed by atoms with E-state index in [-0.39, 0.29) is 18.1 Å². The summed E-state index contributed by atoms with van der Waals surface area (Å²) in [5.74, 6) is 0.433. The molecule has 0 saturated carbocycles. The van der Waals surface area contributed by atoms with Crippen molar-refractivity contribution in [3.05, 3.63) is 18.2 Å². The number of hydrogen-bond donors (Lipinski definition) is 1. The molecule has 5 nitrogen and oxygen atoms in total. The Morgan fingerprint density at radius 3 is 3.00 bits per heavy atom. The van der Waals surface area contributed by atoms with Crippen LogP contribution in [0, 0.1) is 0 Å². The maximum Gasteiger partial charge on any atom is 0.328 e. The van der Waals surface area contributed by atoms with Crippen LogP contribution in [0.2, 0.25) is 0 Å². The van der Waals surface area contributed by atoms with Gasteiger partial charge >= 0.3 is 5.97 Å². The fraction of sp³-hybridized carbons (Fsp3) is 0.462. The van der Waals surface area contributed by atoms with Gasteiger partial charge in [-0.05, 0) is 26.0 Å². The molecule has 2 unspecified atom stereocenters. The lowest BCUT2D eigenvalue weighted by Gasteiger charge is -2.38. The lowest BCUT2D eigenvalue weighted by molar-refractivity contribution is -0.141. The average Bonchev–Trinajstić information content (AvgIpc) is 2.36. The number of carbonyl (C=O) groups is 1. The predicted molar refractivity (Wildman–Crippen MR) is 69.8 cm³/mol. The van der Waals surface area contributed by atoms with Crippen molar-refractivity contribution in [3.8, 4) is 5.75 Å². The van der Waals surface area contributed by atoms with Crippen molar-refractivity contribution in [2.45, 2.75) is 26.0 Å². The lowest BCUT2D eigenvalue weighted by atomic mass is 10.1. The molecule has 5 heteroatoms. The fourth-order valence-corrected chi connectivity index (χ4v) is 2.21. The predicted octanol–water partition coefficient (Wildman–Crippen LogP) is 1.42. The van der Waals surface area contributed by atoms with Gasteiger partial charge in [0.15, 0.2) is 0 Å². The third-order valence-corrected chi connectivity index (χ3v) is 3.11. The summed E-state index contributed by atoms with van der Waals surface area (Å²) in [6.07, 6.45) is 0.00593. The number of rotatable bonds is 2. The summed E-state index contributed by atoms with van der Waals surface area (Å²) in [5.41, 5.74) is 7.36. The van der Waals surface area contributed by atoms with Crippen molar-refractivity contribution >= 4 is 17.3 Å². The molecule has 1 heterocycles. The number of nitrogen functional groups attached to an aromatic ring is 1. The SMILES string of the molecule is COC(=O)C(C)N1CC(C)Oc2cccc(N)c21. The van der Waals surface area contributed by atoms with Gasteiger partial charge in [-0.2, -0.15) is 0 Å². The number of hydrogen-bond acceptors (Lipinski definition) is 5. The highest BCUT2D eigenvalue weighted by atomic mass is 16.5. The van der Waals surface area contributed by atoms with Crippen LogP contribution in [0.4, 0.5) is 11.4 Å². The van der Waals surface area contributed by atoms with Gasteiger partial charge in [-0.15, -0.1) is 0 Å². The smallest absolute Gasteiger partial charge is 0.328 e. The van der Waals surface area contributed by atoms with E-state index in [1.807, 2.05) is 24.0 Å². The molecule has 0 fully saturated rings. The second kappa shape index (κ2) is 4.76. The molecule has 1 aromatic carbocycles. The Balaban J connectivity index is 2.41. The molecule has 1 aliphatic heterocycles. The number of benzene rings is 1. The normalized spacial score (nSPS) is 19.7. The second-order valence-electron chi connectivity index (χ2n) is 4.47. The Bertz CT molecular complexity index is 462. The zero-order chi connectivity index (χ0) is 13.3. The van der Waals surface area contributed by atoms with Gasteiger partial charge in [-0.25, -0.2) is 4.79 Å². The maximum atomic E-state index is 11.7. The van der Waals surface area contributed by atoms with E-state index in [1.165, 1.54) is 7.11 Å². The van der Waals surface area contributed by atoms with E-state index < -0.39 is 0 Å². The van der Waals surface area contributed by atoms with E-state index in [0.717, 1.165) is 5.69 Å². The largest absolute Gasteiger partial charge is 0.487 e. The Hall–Kier alpha value is -1.91. The summed E-state index contributed by atoms with van der Waals surface area (Å²) in [6.45, 7) is 4.38. The first-order valence-corrected chi connectivity index (χ1v) is 5.94. The number of carbonyl (C=O) groups excluding carboxylic acids is 1. The van der Waals surface area contributed by atoms with Gasteiger partial charge < -0.3 is 20.1 Å². The molecule has 0 aromatic heterocycles. The van der Waals surface area contributed by atoms with Crippen molar-refractivity contribution in [2.24, 2.45) is 0 Å². The van der Waals surface area contributed by atoms with Crippen LogP contribution in [-0.2, 0) is 9.53 Å². The van der Waals surface area contributed by atoms with Crippen LogP contribution >= 0.6 is 0 Å². The summed E-state index contributed by atoms with van der Waals surface area (Å²) in [7, 11) is 1.39. The molecule has 0 amide bonds. The third-order valence-electron chi connectivity index (χ3n) is 3.11. The van der Waals surface area contributed by atoms with Crippen LogP contribution in [0.5, 0.6) is 5.75 Å². The zero-order valence-electron chi connectivity index (χ0n) is 10.8. The number of para-hydroxylation sites is 1. The number of nitrogens with zero attached hydrogens (tertiary/aromatic N) is 1. The molecule has 1 aliphatic rings. The summed E-state index contributed by atoms with van der Waals surface area (Å²) in [5, 5.41) is 0.